The van der Waals surface area contributed by atoms with Gasteiger partial charge in [0.05, 0.1) is 12.3 Å². The summed E-state index contributed by atoms with van der Waals surface area (Å²) >= 11 is 0. The van der Waals surface area contributed by atoms with Crippen LogP contribution in [0.1, 0.15) is 77.0 Å². The summed E-state index contributed by atoms with van der Waals surface area (Å²) in [5.41, 5.74) is 0. The van der Waals surface area contributed by atoms with Gasteiger partial charge in [0.2, 0.25) is 5.91 Å². The lowest BCUT2D eigenvalue weighted by atomic mass is 9.82. The number of carboxylic acid groups (broad SMARTS) is 1. The zero-order chi connectivity index (χ0) is 18.1. The summed E-state index contributed by atoms with van der Waals surface area (Å²) < 4.78 is 5.48. The van der Waals surface area contributed by atoms with Crippen molar-refractivity contribution >= 4 is 17.8 Å². The van der Waals surface area contributed by atoms with Crippen molar-refractivity contribution in [3.63, 3.8) is 0 Å². The Labute approximate surface area is 149 Å². The van der Waals surface area contributed by atoms with Crippen LogP contribution < -0.4 is 5.32 Å². The lowest BCUT2D eigenvalue weighted by Gasteiger charge is -2.26. The van der Waals surface area contributed by atoms with Crippen molar-refractivity contribution in [2.45, 2.75) is 83.2 Å². The minimum absolute atomic E-state index is 0.0301. The number of carbonyl (C=O) groups is 3. The van der Waals surface area contributed by atoms with E-state index in [1.807, 2.05) is 0 Å². The number of hydrogen-bond donors (Lipinski definition) is 2. The van der Waals surface area contributed by atoms with Gasteiger partial charge in [-0.25, -0.2) is 0 Å². The average Bonchev–Trinajstić information content (AvgIpc) is 2.87. The summed E-state index contributed by atoms with van der Waals surface area (Å²) in [5.74, 6) is -1.000. The van der Waals surface area contributed by atoms with Crippen LogP contribution in [0.3, 0.4) is 0 Å². The fourth-order valence-corrected chi connectivity index (χ4v) is 3.78. The highest BCUT2D eigenvalue weighted by atomic mass is 16.5. The number of hydrogen-bond acceptors (Lipinski definition) is 4. The van der Waals surface area contributed by atoms with Crippen molar-refractivity contribution in [1.82, 2.24) is 5.32 Å². The van der Waals surface area contributed by atoms with Crippen LogP contribution in [0.5, 0.6) is 0 Å². The van der Waals surface area contributed by atoms with Crippen molar-refractivity contribution in [1.29, 1.82) is 0 Å². The molecule has 2 saturated carbocycles. The average molecular weight is 353 g/mol. The molecule has 25 heavy (non-hydrogen) atoms. The van der Waals surface area contributed by atoms with Crippen LogP contribution in [-0.4, -0.2) is 35.6 Å². The van der Waals surface area contributed by atoms with E-state index in [-0.39, 0.29) is 36.7 Å². The molecule has 0 aromatic carbocycles. The molecule has 6 nitrogen and oxygen atoms in total. The zero-order valence-corrected chi connectivity index (χ0v) is 15.0. The first-order valence-electron chi connectivity index (χ1n) is 9.73. The fraction of sp³-hybridized carbons (Fsp3) is 0.842. The Bertz CT molecular complexity index is 449. The minimum Gasteiger partial charge on any atom is -0.481 e. The van der Waals surface area contributed by atoms with Gasteiger partial charge in [0.1, 0.15) is 6.10 Å². The Balaban J connectivity index is 1.56. The van der Waals surface area contributed by atoms with Crippen LogP contribution in [0, 0.1) is 11.8 Å². The predicted molar refractivity (Wildman–Crippen MR) is 92.9 cm³/mol. The second kappa shape index (κ2) is 10.4. The highest BCUT2D eigenvalue weighted by molar-refractivity contribution is 5.81. The number of carbonyl (C=O) groups excluding carboxylic acids is 2. The Morgan fingerprint density at radius 3 is 2.12 bits per heavy atom. The van der Waals surface area contributed by atoms with Crippen LogP contribution in [-0.2, 0) is 19.1 Å². The van der Waals surface area contributed by atoms with Crippen molar-refractivity contribution in [3.8, 4) is 0 Å². The summed E-state index contributed by atoms with van der Waals surface area (Å²) in [7, 11) is 0. The number of esters is 1. The third-order valence-corrected chi connectivity index (χ3v) is 5.44. The highest BCUT2D eigenvalue weighted by Gasteiger charge is 2.26. The number of rotatable bonds is 7. The minimum atomic E-state index is -0.713. The molecule has 0 aromatic heterocycles. The van der Waals surface area contributed by atoms with Gasteiger partial charge in [0.15, 0.2) is 0 Å². The molecule has 2 fully saturated rings. The van der Waals surface area contributed by atoms with Crippen molar-refractivity contribution < 1.29 is 24.2 Å². The molecule has 2 rings (SSSR count). The Kier molecular flexibility index (Phi) is 8.22. The maximum atomic E-state index is 11.9. The fourth-order valence-electron chi connectivity index (χ4n) is 3.78. The van der Waals surface area contributed by atoms with E-state index in [9.17, 15) is 14.4 Å². The van der Waals surface area contributed by atoms with Gasteiger partial charge in [0, 0.05) is 13.0 Å². The SMILES string of the molecule is O=C(CCC(=O)OC1CCCCCC1)NC[C@H]1CC[C@H](C(=O)O)CC1. The molecule has 2 aliphatic rings. The summed E-state index contributed by atoms with van der Waals surface area (Å²) in [6.45, 7) is 0.572. The molecule has 0 spiro atoms. The summed E-state index contributed by atoms with van der Waals surface area (Å²) in [4.78, 5) is 34.7. The first kappa shape index (κ1) is 19.7. The molecule has 0 aliphatic heterocycles. The van der Waals surface area contributed by atoms with E-state index in [0.717, 1.165) is 38.5 Å². The number of aliphatic carboxylic acids is 1. The Morgan fingerprint density at radius 1 is 0.880 bits per heavy atom. The quantitative estimate of drug-likeness (QED) is 0.542. The molecule has 0 saturated heterocycles. The van der Waals surface area contributed by atoms with Gasteiger partial charge in [-0.05, 0) is 57.3 Å². The first-order chi connectivity index (χ1) is 12.0. The van der Waals surface area contributed by atoms with Crippen molar-refractivity contribution in [2.24, 2.45) is 11.8 Å². The summed E-state index contributed by atoms with van der Waals surface area (Å²) in [6, 6.07) is 0. The van der Waals surface area contributed by atoms with E-state index in [4.69, 9.17) is 9.84 Å². The molecular formula is C19H31NO5. The molecule has 0 radical (unpaired) electrons. The topological polar surface area (TPSA) is 92.7 Å². The van der Waals surface area contributed by atoms with Crippen LogP contribution in [0.2, 0.25) is 0 Å². The van der Waals surface area contributed by atoms with Crippen molar-refractivity contribution in [2.75, 3.05) is 6.54 Å². The molecule has 142 valence electrons. The number of nitrogens with one attached hydrogen (secondary N) is 1. The molecule has 0 bridgehead atoms. The van der Waals surface area contributed by atoms with Crippen LogP contribution in [0.4, 0.5) is 0 Å². The van der Waals surface area contributed by atoms with Gasteiger partial charge in [-0.15, -0.1) is 0 Å². The van der Waals surface area contributed by atoms with Crippen molar-refractivity contribution in [3.05, 3.63) is 0 Å². The summed E-state index contributed by atoms with van der Waals surface area (Å²) in [5, 5.41) is 11.9. The molecule has 1 amide bonds. The molecule has 2 N–H and O–H groups in total. The first-order valence-corrected chi connectivity index (χ1v) is 9.73. The smallest absolute Gasteiger partial charge is 0.306 e. The molecule has 0 aromatic rings. The monoisotopic (exact) mass is 353 g/mol. The maximum absolute atomic E-state index is 11.9. The van der Waals surface area contributed by atoms with E-state index >= 15 is 0 Å². The maximum Gasteiger partial charge on any atom is 0.306 e. The predicted octanol–water partition coefficient (Wildman–Crippen LogP) is 3.04. The van der Waals surface area contributed by atoms with Gasteiger partial charge < -0.3 is 15.2 Å². The summed E-state index contributed by atoms with van der Waals surface area (Å²) in [6.07, 6.45) is 9.90. The van der Waals surface area contributed by atoms with Gasteiger partial charge >= 0.3 is 11.9 Å². The number of carboxylic acids is 1. The number of amides is 1. The van der Waals surface area contributed by atoms with E-state index in [1.54, 1.807) is 0 Å². The normalized spacial score (nSPS) is 25.0. The molecule has 0 heterocycles. The molecule has 0 unspecified atom stereocenters. The van der Waals surface area contributed by atoms with Crippen LogP contribution >= 0.6 is 0 Å². The Hall–Kier alpha value is -1.59. The van der Waals surface area contributed by atoms with E-state index in [1.165, 1.54) is 12.8 Å². The molecular weight excluding hydrogens is 322 g/mol. The number of ether oxygens (including phenoxy) is 1. The van der Waals surface area contributed by atoms with Crippen LogP contribution in [0.15, 0.2) is 0 Å². The lowest BCUT2D eigenvalue weighted by molar-refractivity contribution is -0.150. The van der Waals surface area contributed by atoms with E-state index in [2.05, 4.69) is 5.32 Å². The van der Waals surface area contributed by atoms with Gasteiger partial charge in [0.25, 0.3) is 0 Å². The second-order valence-electron chi connectivity index (χ2n) is 7.46. The van der Waals surface area contributed by atoms with E-state index in [0.29, 0.717) is 25.3 Å². The molecule has 0 atom stereocenters. The highest BCUT2D eigenvalue weighted by Crippen LogP contribution is 2.28. The molecule has 2 aliphatic carbocycles. The van der Waals surface area contributed by atoms with Gasteiger partial charge in [-0.1, -0.05) is 12.8 Å². The lowest BCUT2D eigenvalue weighted by Crippen LogP contribution is -2.32. The standard InChI is InChI=1S/C19H31NO5/c21-17(20-13-14-7-9-15(10-8-14)19(23)24)11-12-18(22)25-16-5-3-1-2-4-6-16/h14-16H,1-13H2,(H,20,21)(H,23,24)/t14-,15-. The Morgan fingerprint density at radius 2 is 1.52 bits per heavy atom. The van der Waals surface area contributed by atoms with E-state index < -0.39 is 5.97 Å². The largest absolute Gasteiger partial charge is 0.481 e. The third-order valence-electron chi connectivity index (χ3n) is 5.44. The third kappa shape index (κ3) is 7.45. The van der Waals surface area contributed by atoms with Gasteiger partial charge in [-0.3, -0.25) is 14.4 Å². The van der Waals surface area contributed by atoms with Gasteiger partial charge in [-0.2, -0.15) is 0 Å². The van der Waals surface area contributed by atoms with Crippen LogP contribution in [0.25, 0.3) is 0 Å². The second-order valence-corrected chi connectivity index (χ2v) is 7.46. The molecule has 6 heteroatoms. The zero-order valence-electron chi connectivity index (χ0n) is 15.0.